The van der Waals surface area contributed by atoms with Crippen LogP contribution in [0.3, 0.4) is 0 Å². The van der Waals surface area contributed by atoms with Crippen LogP contribution in [0.1, 0.15) is 5.56 Å². The molecule has 3 rings (SSSR count). The van der Waals surface area contributed by atoms with E-state index >= 15 is 0 Å². The Bertz CT molecular complexity index is 630. The lowest BCUT2D eigenvalue weighted by atomic mass is 10.1. The maximum atomic E-state index is 11.7. The van der Waals surface area contributed by atoms with Gasteiger partial charge in [-0.3, -0.25) is 0 Å². The Balaban J connectivity index is 0.00000108. The van der Waals surface area contributed by atoms with Gasteiger partial charge in [-0.15, -0.1) is 12.4 Å². The van der Waals surface area contributed by atoms with Crippen LogP contribution in [-0.4, -0.2) is 6.79 Å². The average Bonchev–Trinajstić information content (AvgIpc) is 2.81. The second-order valence-corrected chi connectivity index (χ2v) is 3.40. The lowest BCUT2D eigenvalue weighted by Gasteiger charge is -2.01. The summed E-state index contributed by atoms with van der Waals surface area (Å²) in [6.07, 6.45) is 1.42. The fourth-order valence-corrected chi connectivity index (χ4v) is 1.62. The highest BCUT2D eigenvalue weighted by atomic mass is 35.5. The largest absolute Gasteiger partial charge is 0.461 e. The summed E-state index contributed by atoms with van der Waals surface area (Å²) < 4.78 is 15.2. The predicted molar refractivity (Wildman–Crippen MR) is 64.7 cm³/mol. The normalized spacial score (nSPS) is 13.5. The zero-order valence-electron chi connectivity index (χ0n) is 8.71. The van der Waals surface area contributed by atoms with Gasteiger partial charge in [-0.25, -0.2) is 4.79 Å². The number of benzene rings is 1. The fourth-order valence-electron chi connectivity index (χ4n) is 1.62. The van der Waals surface area contributed by atoms with Crippen LogP contribution in [0.25, 0.3) is 16.7 Å². The van der Waals surface area contributed by atoms with Crippen LogP contribution in [0.5, 0.6) is 0 Å². The van der Waals surface area contributed by atoms with Crippen molar-refractivity contribution in [2.24, 2.45) is 0 Å². The number of ether oxygens (including phenoxy) is 2. The molecule has 5 heteroatoms. The summed E-state index contributed by atoms with van der Waals surface area (Å²) in [4.78, 5) is 11.7. The van der Waals surface area contributed by atoms with Crippen LogP contribution in [0, 0.1) is 0 Å². The van der Waals surface area contributed by atoms with E-state index in [1.165, 1.54) is 6.26 Å². The fraction of sp³-hybridized carbons (Fsp3) is 0.0833. The van der Waals surface area contributed by atoms with Crippen LogP contribution in [-0.2, 0) is 9.47 Å². The molecule has 0 atom stereocenters. The molecule has 0 bridgehead atoms. The number of hydrogen-bond acceptors (Lipinski definition) is 4. The average molecular weight is 253 g/mol. The predicted octanol–water partition coefficient (Wildman–Crippen LogP) is 2.52. The third kappa shape index (κ3) is 1.99. The van der Waals surface area contributed by atoms with Crippen molar-refractivity contribution >= 4 is 29.1 Å². The first-order valence-electron chi connectivity index (χ1n) is 4.82. The van der Waals surface area contributed by atoms with E-state index in [1.54, 1.807) is 12.1 Å². The zero-order valence-corrected chi connectivity index (χ0v) is 9.53. The van der Waals surface area contributed by atoms with Crippen LogP contribution in [0.15, 0.2) is 45.8 Å². The minimum absolute atomic E-state index is 0. The van der Waals surface area contributed by atoms with Crippen molar-refractivity contribution in [2.75, 3.05) is 6.79 Å². The molecule has 17 heavy (non-hydrogen) atoms. The molecular weight excluding hydrogens is 244 g/mol. The number of rotatable bonds is 1. The van der Waals surface area contributed by atoms with E-state index in [2.05, 4.69) is 0 Å². The number of hydrogen-bond donors (Lipinski definition) is 0. The second kappa shape index (κ2) is 4.51. The highest BCUT2D eigenvalue weighted by Gasteiger charge is 2.15. The maximum absolute atomic E-state index is 11.7. The van der Waals surface area contributed by atoms with E-state index < -0.39 is 5.63 Å². The van der Waals surface area contributed by atoms with Gasteiger partial charge in [-0.05, 0) is 12.1 Å². The number of fused-ring (bicyclic) bond motifs is 1. The van der Waals surface area contributed by atoms with E-state index in [0.717, 1.165) is 5.39 Å². The Morgan fingerprint density at radius 3 is 2.76 bits per heavy atom. The van der Waals surface area contributed by atoms with Gasteiger partial charge in [0.2, 0.25) is 6.79 Å². The summed E-state index contributed by atoms with van der Waals surface area (Å²) in [6.45, 7) is 0.140. The first-order valence-corrected chi connectivity index (χ1v) is 4.82. The molecule has 0 saturated carbocycles. The summed E-state index contributed by atoms with van der Waals surface area (Å²) in [5.41, 5.74) is 0.530. The summed E-state index contributed by atoms with van der Waals surface area (Å²) >= 11 is 0. The van der Waals surface area contributed by atoms with Gasteiger partial charge < -0.3 is 13.9 Å². The van der Waals surface area contributed by atoms with Crippen molar-refractivity contribution in [1.82, 2.24) is 0 Å². The zero-order chi connectivity index (χ0) is 11.0. The SMILES string of the molecule is Cl.O=c1oc2ccccc2cc1C1=COCO1. The highest BCUT2D eigenvalue weighted by molar-refractivity contribution is 5.85. The Morgan fingerprint density at radius 2 is 2.00 bits per heavy atom. The summed E-state index contributed by atoms with van der Waals surface area (Å²) in [6, 6.07) is 9.06. The molecule has 88 valence electrons. The smallest absolute Gasteiger partial charge is 0.347 e. The van der Waals surface area contributed by atoms with Crippen molar-refractivity contribution in [2.45, 2.75) is 0 Å². The first-order chi connectivity index (χ1) is 7.84. The third-order valence-corrected chi connectivity index (χ3v) is 2.38. The van der Waals surface area contributed by atoms with Gasteiger partial charge in [0.25, 0.3) is 0 Å². The Hall–Kier alpha value is -1.94. The molecule has 4 nitrogen and oxygen atoms in total. The molecule has 1 aromatic heterocycles. The third-order valence-electron chi connectivity index (χ3n) is 2.38. The second-order valence-electron chi connectivity index (χ2n) is 3.40. The molecule has 0 radical (unpaired) electrons. The van der Waals surface area contributed by atoms with Gasteiger partial charge in [0.1, 0.15) is 17.4 Å². The Morgan fingerprint density at radius 1 is 1.18 bits per heavy atom. The molecule has 1 aliphatic heterocycles. The minimum Gasteiger partial charge on any atom is -0.461 e. The summed E-state index contributed by atoms with van der Waals surface area (Å²) in [5.74, 6) is 0.416. The number of para-hydroxylation sites is 1. The summed E-state index contributed by atoms with van der Waals surface area (Å²) in [5, 5.41) is 0.855. The number of halogens is 1. The van der Waals surface area contributed by atoms with Crippen LogP contribution in [0.4, 0.5) is 0 Å². The standard InChI is InChI=1S/C12H8O4.ClH/c13-12-9(11-6-14-7-15-11)5-8-3-1-2-4-10(8)16-12;/h1-6H,7H2;1H. The topological polar surface area (TPSA) is 48.7 Å². The van der Waals surface area contributed by atoms with Crippen molar-refractivity contribution in [1.29, 1.82) is 0 Å². The van der Waals surface area contributed by atoms with Crippen molar-refractivity contribution in [3.63, 3.8) is 0 Å². The van der Waals surface area contributed by atoms with Crippen LogP contribution >= 0.6 is 12.4 Å². The van der Waals surface area contributed by atoms with E-state index in [0.29, 0.717) is 16.9 Å². The Kier molecular flexibility index (Phi) is 3.06. The van der Waals surface area contributed by atoms with Crippen molar-refractivity contribution in [3.8, 4) is 0 Å². The molecule has 2 aromatic rings. The molecule has 0 amide bonds. The molecule has 2 heterocycles. The summed E-state index contributed by atoms with van der Waals surface area (Å²) in [7, 11) is 0. The van der Waals surface area contributed by atoms with Gasteiger partial charge in [0.05, 0.1) is 0 Å². The molecule has 0 saturated heterocycles. The van der Waals surface area contributed by atoms with Gasteiger partial charge >= 0.3 is 5.63 Å². The van der Waals surface area contributed by atoms with Crippen LogP contribution in [0.2, 0.25) is 0 Å². The lowest BCUT2D eigenvalue weighted by Crippen LogP contribution is -2.06. The molecule has 1 aromatic carbocycles. The molecule has 0 aliphatic carbocycles. The lowest BCUT2D eigenvalue weighted by molar-refractivity contribution is 0.100. The van der Waals surface area contributed by atoms with Crippen molar-refractivity contribution < 1.29 is 13.9 Å². The maximum Gasteiger partial charge on any atom is 0.347 e. The van der Waals surface area contributed by atoms with E-state index in [-0.39, 0.29) is 19.2 Å². The van der Waals surface area contributed by atoms with Gasteiger partial charge in [0.15, 0.2) is 5.76 Å². The van der Waals surface area contributed by atoms with E-state index in [9.17, 15) is 4.79 Å². The van der Waals surface area contributed by atoms with Gasteiger partial charge in [0, 0.05) is 5.39 Å². The first kappa shape index (κ1) is 11.5. The molecular formula is C12H9ClO4. The molecule has 0 fully saturated rings. The minimum atomic E-state index is -0.421. The molecule has 0 unspecified atom stereocenters. The van der Waals surface area contributed by atoms with E-state index in [1.807, 2.05) is 18.2 Å². The van der Waals surface area contributed by atoms with E-state index in [4.69, 9.17) is 13.9 Å². The Labute approximate surface area is 103 Å². The van der Waals surface area contributed by atoms with Gasteiger partial charge in [-0.1, -0.05) is 18.2 Å². The quantitative estimate of drug-likeness (QED) is 0.732. The molecule has 0 N–H and O–H groups in total. The van der Waals surface area contributed by atoms with Gasteiger partial charge in [-0.2, -0.15) is 0 Å². The molecule has 0 spiro atoms. The van der Waals surface area contributed by atoms with Crippen molar-refractivity contribution in [3.05, 3.63) is 52.6 Å². The molecule has 1 aliphatic rings. The van der Waals surface area contributed by atoms with Crippen LogP contribution < -0.4 is 5.63 Å². The monoisotopic (exact) mass is 252 g/mol. The highest BCUT2D eigenvalue weighted by Crippen LogP contribution is 2.21.